The summed E-state index contributed by atoms with van der Waals surface area (Å²) in [4.78, 5) is 22.5. The molecule has 1 aliphatic heterocycles. The molecule has 1 aliphatic carbocycles. The van der Waals surface area contributed by atoms with Gasteiger partial charge in [-0.1, -0.05) is 0 Å². The van der Waals surface area contributed by atoms with E-state index in [1.165, 1.54) is 0 Å². The van der Waals surface area contributed by atoms with Crippen LogP contribution in [-0.2, 0) is 19.1 Å². The largest absolute Gasteiger partial charge is 0.481 e. The Morgan fingerprint density at radius 1 is 1.30 bits per heavy atom. The SMILES string of the molecule is O=C(CCOCC1CCCO1)N[C@@H]1CC[C@H](C(=O)O)C1. The predicted molar refractivity (Wildman–Crippen MR) is 71.3 cm³/mol. The van der Waals surface area contributed by atoms with Gasteiger partial charge in [0.25, 0.3) is 0 Å². The fraction of sp³-hybridized carbons (Fsp3) is 0.857. The lowest BCUT2D eigenvalue weighted by Gasteiger charge is -2.13. The number of ether oxygens (including phenoxy) is 2. The van der Waals surface area contributed by atoms with E-state index < -0.39 is 5.97 Å². The Bertz CT molecular complexity index is 340. The van der Waals surface area contributed by atoms with E-state index in [0.29, 0.717) is 32.5 Å². The first-order valence-corrected chi connectivity index (χ1v) is 7.36. The topological polar surface area (TPSA) is 84.9 Å². The molecule has 6 nitrogen and oxygen atoms in total. The molecule has 0 spiro atoms. The smallest absolute Gasteiger partial charge is 0.306 e. The summed E-state index contributed by atoms with van der Waals surface area (Å²) in [5.74, 6) is -1.13. The number of amides is 1. The minimum Gasteiger partial charge on any atom is -0.481 e. The standard InChI is InChI=1S/C14H23NO5/c16-13(5-7-19-9-12-2-1-6-20-12)15-11-4-3-10(8-11)14(17)18/h10-12H,1-9H2,(H,15,16)(H,17,18)/t10-,11+,12?/m0/s1. The van der Waals surface area contributed by atoms with Gasteiger partial charge in [0.15, 0.2) is 0 Å². The van der Waals surface area contributed by atoms with E-state index >= 15 is 0 Å². The molecule has 2 aliphatic rings. The van der Waals surface area contributed by atoms with Crippen LogP contribution < -0.4 is 5.32 Å². The van der Waals surface area contributed by atoms with Crippen molar-refractivity contribution in [1.82, 2.24) is 5.32 Å². The molecule has 2 fully saturated rings. The highest BCUT2D eigenvalue weighted by Gasteiger charge is 2.30. The molecule has 114 valence electrons. The van der Waals surface area contributed by atoms with Crippen LogP contribution >= 0.6 is 0 Å². The highest BCUT2D eigenvalue weighted by molar-refractivity contribution is 5.76. The van der Waals surface area contributed by atoms with Crippen LogP contribution in [-0.4, -0.2) is 48.9 Å². The van der Waals surface area contributed by atoms with Gasteiger partial charge in [-0.05, 0) is 32.1 Å². The zero-order valence-corrected chi connectivity index (χ0v) is 11.7. The molecule has 20 heavy (non-hydrogen) atoms. The van der Waals surface area contributed by atoms with Gasteiger partial charge in [-0.25, -0.2) is 0 Å². The third-order valence-corrected chi connectivity index (χ3v) is 3.95. The van der Waals surface area contributed by atoms with Gasteiger partial charge >= 0.3 is 5.97 Å². The molecule has 0 aromatic heterocycles. The Morgan fingerprint density at radius 3 is 2.80 bits per heavy atom. The Labute approximate surface area is 118 Å². The van der Waals surface area contributed by atoms with E-state index in [4.69, 9.17) is 14.6 Å². The third kappa shape index (κ3) is 4.76. The number of carbonyl (C=O) groups is 2. The molecule has 1 unspecified atom stereocenters. The average Bonchev–Trinajstić information content (AvgIpc) is 3.05. The number of nitrogens with one attached hydrogen (secondary N) is 1. The van der Waals surface area contributed by atoms with E-state index in [1.807, 2.05) is 0 Å². The minimum absolute atomic E-state index is 0.00163. The summed E-state index contributed by atoms with van der Waals surface area (Å²) >= 11 is 0. The number of aliphatic carboxylic acids is 1. The Balaban J connectivity index is 1.53. The van der Waals surface area contributed by atoms with Crippen LogP contribution in [0.4, 0.5) is 0 Å². The normalized spacial score (nSPS) is 29.5. The molecule has 3 atom stereocenters. The molecule has 1 amide bonds. The molecule has 1 heterocycles. The van der Waals surface area contributed by atoms with Gasteiger partial charge in [0.2, 0.25) is 5.91 Å². The second-order valence-electron chi connectivity index (χ2n) is 5.57. The molecule has 0 aromatic carbocycles. The van der Waals surface area contributed by atoms with Gasteiger partial charge in [-0.15, -0.1) is 0 Å². The fourth-order valence-corrected chi connectivity index (χ4v) is 2.79. The third-order valence-electron chi connectivity index (χ3n) is 3.95. The van der Waals surface area contributed by atoms with Gasteiger partial charge in [-0.3, -0.25) is 9.59 Å². The molecular formula is C14H23NO5. The zero-order valence-electron chi connectivity index (χ0n) is 11.7. The molecule has 0 aromatic rings. The number of hydrogen-bond acceptors (Lipinski definition) is 4. The van der Waals surface area contributed by atoms with Crippen LogP contribution in [0.5, 0.6) is 0 Å². The lowest BCUT2D eigenvalue weighted by molar-refractivity contribution is -0.141. The summed E-state index contributed by atoms with van der Waals surface area (Å²) in [6, 6.07) is 0.00163. The summed E-state index contributed by atoms with van der Waals surface area (Å²) in [5, 5.41) is 11.8. The second-order valence-corrected chi connectivity index (χ2v) is 5.57. The van der Waals surface area contributed by atoms with Crippen LogP contribution in [0.3, 0.4) is 0 Å². The maximum atomic E-state index is 11.7. The first-order valence-electron chi connectivity index (χ1n) is 7.36. The van der Waals surface area contributed by atoms with Crippen LogP contribution in [0, 0.1) is 5.92 Å². The zero-order chi connectivity index (χ0) is 14.4. The van der Waals surface area contributed by atoms with Crippen LogP contribution in [0.2, 0.25) is 0 Å². The molecule has 0 bridgehead atoms. The van der Waals surface area contributed by atoms with Gasteiger partial charge in [-0.2, -0.15) is 0 Å². The Hall–Kier alpha value is -1.14. The number of hydrogen-bond donors (Lipinski definition) is 2. The molecule has 6 heteroatoms. The van der Waals surface area contributed by atoms with Crippen molar-refractivity contribution in [2.75, 3.05) is 19.8 Å². The first-order chi connectivity index (χ1) is 9.65. The summed E-state index contributed by atoms with van der Waals surface area (Å²) in [6.07, 6.45) is 4.56. The van der Waals surface area contributed by atoms with Gasteiger partial charge in [0.05, 0.1) is 25.2 Å². The van der Waals surface area contributed by atoms with E-state index in [-0.39, 0.29) is 24.0 Å². The van der Waals surface area contributed by atoms with Crippen molar-refractivity contribution in [3.63, 3.8) is 0 Å². The molecule has 2 rings (SSSR count). The molecular weight excluding hydrogens is 262 g/mol. The maximum absolute atomic E-state index is 11.7. The first kappa shape index (κ1) is 15.3. The minimum atomic E-state index is -0.762. The van der Waals surface area contributed by atoms with Crippen molar-refractivity contribution < 1.29 is 24.2 Å². The van der Waals surface area contributed by atoms with Crippen LogP contribution in [0.1, 0.15) is 38.5 Å². The number of carbonyl (C=O) groups excluding carboxylic acids is 1. The van der Waals surface area contributed by atoms with Crippen molar-refractivity contribution in [1.29, 1.82) is 0 Å². The molecule has 2 N–H and O–H groups in total. The van der Waals surface area contributed by atoms with E-state index in [0.717, 1.165) is 25.9 Å². The van der Waals surface area contributed by atoms with E-state index in [1.54, 1.807) is 0 Å². The highest BCUT2D eigenvalue weighted by Crippen LogP contribution is 2.25. The van der Waals surface area contributed by atoms with Gasteiger partial charge < -0.3 is 19.9 Å². The maximum Gasteiger partial charge on any atom is 0.306 e. The lowest BCUT2D eigenvalue weighted by Crippen LogP contribution is -2.34. The number of carboxylic acids is 1. The van der Waals surface area contributed by atoms with E-state index in [2.05, 4.69) is 5.32 Å². The fourth-order valence-electron chi connectivity index (χ4n) is 2.79. The van der Waals surface area contributed by atoms with Crippen molar-refractivity contribution in [3.8, 4) is 0 Å². The quantitative estimate of drug-likeness (QED) is 0.680. The van der Waals surface area contributed by atoms with E-state index in [9.17, 15) is 9.59 Å². The highest BCUT2D eigenvalue weighted by atomic mass is 16.5. The van der Waals surface area contributed by atoms with Gasteiger partial charge in [0, 0.05) is 19.1 Å². The monoisotopic (exact) mass is 285 g/mol. The molecule has 0 radical (unpaired) electrons. The average molecular weight is 285 g/mol. The number of carboxylic acid groups (broad SMARTS) is 1. The van der Waals surface area contributed by atoms with Crippen molar-refractivity contribution in [2.45, 2.75) is 50.7 Å². The molecule has 1 saturated heterocycles. The summed E-state index contributed by atoms with van der Waals surface area (Å²) in [6.45, 7) is 1.75. The van der Waals surface area contributed by atoms with Crippen molar-refractivity contribution in [2.24, 2.45) is 5.92 Å². The van der Waals surface area contributed by atoms with Crippen LogP contribution in [0.15, 0.2) is 0 Å². The summed E-state index contributed by atoms with van der Waals surface area (Å²) in [5.41, 5.74) is 0. The Kier molecular flexibility index (Phi) is 5.79. The second kappa shape index (κ2) is 7.59. The van der Waals surface area contributed by atoms with Gasteiger partial charge in [0.1, 0.15) is 0 Å². The van der Waals surface area contributed by atoms with Crippen LogP contribution in [0.25, 0.3) is 0 Å². The van der Waals surface area contributed by atoms with Crippen molar-refractivity contribution >= 4 is 11.9 Å². The predicted octanol–water partition coefficient (Wildman–Crippen LogP) is 0.942. The summed E-state index contributed by atoms with van der Waals surface area (Å²) in [7, 11) is 0. The molecule has 1 saturated carbocycles. The number of rotatable bonds is 7. The van der Waals surface area contributed by atoms with Crippen molar-refractivity contribution in [3.05, 3.63) is 0 Å². The summed E-state index contributed by atoms with van der Waals surface area (Å²) < 4.78 is 10.9. The lowest BCUT2D eigenvalue weighted by atomic mass is 10.1. The Morgan fingerprint density at radius 2 is 2.15 bits per heavy atom.